The first-order chi connectivity index (χ1) is 28.5. The molecule has 0 atom stereocenters. The quantitative estimate of drug-likeness (QED) is 0.170. The van der Waals surface area contributed by atoms with Crippen LogP contribution in [0.4, 0.5) is 0 Å². The highest BCUT2D eigenvalue weighted by Gasteiger charge is 2.35. The SMILES string of the molecule is CC1(C)c2ccccc2-c2cc(-c3ccc4c(c3)c3cccc(-c5cccc(-c6nc(-c7ccccc7)cc(-c7ccccc7)n6)c5)c3n4-c3ccccc3)ccc21. The van der Waals surface area contributed by atoms with Crippen LogP contribution in [-0.4, -0.2) is 14.5 Å². The molecular formula is C55H39N3. The van der Waals surface area contributed by atoms with Crippen molar-refractivity contribution < 1.29 is 0 Å². The summed E-state index contributed by atoms with van der Waals surface area (Å²) in [7, 11) is 0. The molecule has 0 bridgehead atoms. The van der Waals surface area contributed by atoms with Crippen molar-refractivity contribution in [1.29, 1.82) is 0 Å². The molecule has 0 saturated carbocycles. The topological polar surface area (TPSA) is 30.7 Å². The predicted octanol–water partition coefficient (Wildman–Crippen LogP) is 14.2. The first kappa shape index (κ1) is 33.9. The summed E-state index contributed by atoms with van der Waals surface area (Å²) < 4.78 is 2.43. The molecule has 8 aromatic carbocycles. The molecule has 274 valence electrons. The van der Waals surface area contributed by atoms with E-state index in [4.69, 9.17) is 9.97 Å². The van der Waals surface area contributed by atoms with E-state index in [1.54, 1.807) is 0 Å². The van der Waals surface area contributed by atoms with Crippen molar-refractivity contribution in [3.63, 3.8) is 0 Å². The molecule has 0 radical (unpaired) electrons. The molecule has 58 heavy (non-hydrogen) atoms. The number of nitrogens with zero attached hydrogens (tertiary/aromatic N) is 3. The third-order valence-electron chi connectivity index (χ3n) is 12.0. The molecule has 0 saturated heterocycles. The monoisotopic (exact) mass is 741 g/mol. The summed E-state index contributed by atoms with van der Waals surface area (Å²) in [6.07, 6.45) is 0. The largest absolute Gasteiger partial charge is 0.309 e. The Bertz CT molecular complexity index is 3120. The Kier molecular flexibility index (Phi) is 7.84. The Balaban J connectivity index is 1.08. The average Bonchev–Trinajstić information content (AvgIpc) is 3.75. The number of para-hydroxylation sites is 2. The van der Waals surface area contributed by atoms with Crippen LogP contribution in [-0.2, 0) is 5.41 Å². The van der Waals surface area contributed by atoms with E-state index in [0.717, 1.165) is 44.9 Å². The molecule has 0 unspecified atom stereocenters. The fraction of sp³-hybridized carbons (Fsp3) is 0.0545. The smallest absolute Gasteiger partial charge is 0.160 e. The van der Waals surface area contributed by atoms with Gasteiger partial charge in [-0.3, -0.25) is 0 Å². The zero-order valence-electron chi connectivity index (χ0n) is 32.4. The lowest BCUT2D eigenvalue weighted by atomic mass is 9.82. The third kappa shape index (κ3) is 5.50. The molecule has 0 spiro atoms. The van der Waals surface area contributed by atoms with Crippen LogP contribution in [0.3, 0.4) is 0 Å². The number of hydrogen-bond donors (Lipinski definition) is 0. The Labute approximate surface area is 338 Å². The van der Waals surface area contributed by atoms with Crippen molar-refractivity contribution in [2.45, 2.75) is 19.3 Å². The zero-order chi connectivity index (χ0) is 38.8. The summed E-state index contributed by atoms with van der Waals surface area (Å²) in [4.78, 5) is 10.3. The van der Waals surface area contributed by atoms with Crippen molar-refractivity contribution in [2.75, 3.05) is 0 Å². The molecule has 0 N–H and O–H groups in total. The minimum Gasteiger partial charge on any atom is -0.309 e. The van der Waals surface area contributed by atoms with E-state index < -0.39 is 0 Å². The van der Waals surface area contributed by atoms with E-state index in [1.165, 1.54) is 55.2 Å². The van der Waals surface area contributed by atoms with E-state index >= 15 is 0 Å². The van der Waals surface area contributed by atoms with Crippen LogP contribution in [0.5, 0.6) is 0 Å². The van der Waals surface area contributed by atoms with Gasteiger partial charge >= 0.3 is 0 Å². The molecule has 2 aromatic heterocycles. The van der Waals surface area contributed by atoms with E-state index in [-0.39, 0.29) is 5.41 Å². The summed E-state index contributed by atoms with van der Waals surface area (Å²) >= 11 is 0. The summed E-state index contributed by atoms with van der Waals surface area (Å²) in [5.41, 5.74) is 18.5. The number of rotatable bonds is 6. The highest BCUT2D eigenvalue weighted by Crippen LogP contribution is 2.50. The zero-order valence-corrected chi connectivity index (χ0v) is 32.4. The van der Waals surface area contributed by atoms with Gasteiger partial charge in [0, 0.05) is 44.1 Å². The maximum Gasteiger partial charge on any atom is 0.160 e. The van der Waals surface area contributed by atoms with Gasteiger partial charge in [0.05, 0.1) is 22.4 Å². The molecule has 10 aromatic rings. The first-order valence-electron chi connectivity index (χ1n) is 20.0. The van der Waals surface area contributed by atoms with E-state index in [0.29, 0.717) is 5.82 Å². The van der Waals surface area contributed by atoms with Crippen molar-refractivity contribution >= 4 is 21.8 Å². The van der Waals surface area contributed by atoms with Gasteiger partial charge in [0.25, 0.3) is 0 Å². The molecule has 1 aliphatic rings. The van der Waals surface area contributed by atoms with E-state index in [1.807, 2.05) is 12.1 Å². The number of hydrogen-bond acceptors (Lipinski definition) is 2. The second-order valence-electron chi connectivity index (χ2n) is 15.8. The van der Waals surface area contributed by atoms with Crippen LogP contribution < -0.4 is 0 Å². The highest BCUT2D eigenvalue weighted by molar-refractivity contribution is 6.15. The molecule has 3 nitrogen and oxygen atoms in total. The minimum absolute atomic E-state index is 0.0216. The third-order valence-corrected chi connectivity index (χ3v) is 12.0. The molecular weight excluding hydrogens is 703 g/mol. The standard InChI is InChI=1S/C55H39N3/c1-55(2)48-27-13-12-24-44(48)46-33-38(28-30-49(46)55)39-29-31-52-47(34-39)45-26-15-25-43(53(45)58(52)42-22-10-5-11-23-42)40-20-14-21-41(32-40)54-56-50(36-16-6-3-7-17-36)35-51(57-54)37-18-8-4-9-19-37/h3-35H,1-2H3. The van der Waals surface area contributed by atoms with Crippen molar-refractivity contribution in [3.05, 3.63) is 211 Å². The number of aromatic nitrogens is 3. The Morgan fingerprint density at radius 1 is 0.379 bits per heavy atom. The van der Waals surface area contributed by atoms with Crippen LogP contribution in [0.1, 0.15) is 25.0 Å². The van der Waals surface area contributed by atoms with Gasteiger partial charge in [-0.25, -0.2) is 9.97 Å². The predicted molar refractivity (Wildman–Crippen MR) is 241 cm³/mol. The van der Waals surface area contributed by atoms with Crippen LogP contribution in [0.15, 0.2) is 200 Å². The second kappa shape index (κ2) is 13.4. The van der Waals surface area contributed by atoms with Crippen molar-refractivity contribution in [1.82, 2.24) is 14.5 Å². The molecule has 2 heterocycles. The van der Waals surface area contributed by atoms with Gasteiger partial charge in [-0.05, 0) is 81.4 Å². The summed E-state index contributed by atoms with van der Waals surface area (Å²) in [5.74, 6) is 0.697. The van der Waals surface area contributed by atoms with E-state index in [9.17, 15) is 0 Å². The lowest BCUT2D eigenvalue weighted by Gasteiger charge is -2.21. The van der Waals surface area contributed by atoms with Gasteiger partial charge < -0.3 is 4.57 Å². The second-order valence-corrected chi connectivity index (χ2v) is 15.8. The van der Waals surface area contributed by atoms with Crippen LogP contribution in [0.25, 0.3) is 94.8 Å². The van der Waals surface area contributed by atoms with Gasteiger partial charge in [0.15, 0.2) is 5.82 Å². The number of benzene rings is 8. The van der Waals surface area contributed by atoms with Gasteiger partial charge in [-0.1, -0.05) is 172 Å². The van der Waals surface area contributed by atoms with E-state index in [2.05, 4.69) is 206 Å². The normalized spacial score (nSPS) is 12.8. The van der Waals surface area contributed by atoms with Crippen LogP contribution in [0.2, 0.25) is 0 Å². The average molecular weight is 742 g/mol. The first-order valence-corrected chi connectivity index (χ1v) is 20.0. The fourth-order valence-corrected chi connectivity index (χ4v) is 9.14. The minimum atomic E-state index is -0.0216. The Morgan fingerprint density at radius 3 is 1.69 bits per heavy atom. The summed E-state index contributed by atoms with van der Waals surface area (Å²) in [5, 5.41) is 2.44. The Hall–Kier alpha value is -7.36. The molecule has 1 aliphatic carbocycles. The molecule has 0 fully saturated rings. The maximum atomic E-state index is 5.16. The van der Waals surface area contributed by atoms with Gasteiger partial charge in [-0.15, -0.1) is 0 Å². The Morgan fingerprint density at radius 2 is 0.948 bits per heavy atom. The highest BCUT2D eigenvalue weighted by atomic mass is 15.0. The number of fused-ring (bicyclic) bond motifs is 6. The van der Waals surface area contributed by atoms with Crippen molar-refractivity contribution in [3.8, 4) is 73.0 Å². The lowest BCUT2D eigenvalue weighted by Crippen LogP contribution is -2.14. The summed E-state index contributed by atoms with van der Waals surface area (Å²) in [6.45, 7) is 4.68. The molecule has 11 rings (SSSR count). The fourth-order valence-electron chi connectivity index (χ4n) is 9.14. The van der Waals surface area contributed by atoms with Crippen LogP contribution in [0, 0.1) is 0 Å². The van der Waals surface area contributed by atoms with Gasteiger partial charge in [-0.2, -0.15) is 0 Å². The van der Waals surface area contributed by atoms with Gasteiger partial charge in [0.2, 0.25) is 0 Å². The summed E-state index contributed by atoms with van der Waals surface area (Å²) in [6, 6.07) is 71.9. The molecule has 0 aliphatic heterocycles. The van der Waals surface area contributed by atoms with Crippen LogP contribution >= 0.6 is 0 Å². The van der Waals surface area contributed by atoms with Gasteiger partial charge in [0.1, 0.15) is 0 Å². The maximum absolute atomic E-state index is 5.16. The van der Waals surface area contributed by atoms with Crippen molar-refractivity contribution in [2.24, 2.45) is 0 Å². The lowest BCUT2D eigenvalue weighted by molar-refractivity contribution is 0.660. The molecule has 3 heteroatoms. The molecule has 0 amide bonds.